The molecule has 2 atom stereocenters. The van der Waals surface area contributed by atoms with Gasteiger partial charge in [0.2, 0.25) is 0 Å². The molecule has 2 N–H and O–H groups in total. The zero-order chi connectivity index (χ0) is 20.2. The number of hydrogen-bond acceptors (Lipinski definition) is 6. The lowest BCUT2D eigenvalue weighted by molar-refractivity contribution is 0.0798. The van der Waals surface area contributed by atoms with Crippen LogP contribution in [0.4, 0.5) is 0 Å². The summed E-state index contributed by atoms with van der Waals surface area (Å²) >= 11 is 11.4. The molecule has 2 saturated heterocycles. The number of halogens is 6. The Morgan fingerprint density at radius 1 is 0.500 bits per heavy atom. The topological polar surface area (TPSA) is 53.4 Å². The Labute approximate surface area is 230 Å². The van der Waals surface area contributed by atoms with Crippen molar-refractivity contribution in [2.45, 2.75) is 37.9 Å². The van der Waals surface area contributed by atoms with E-state index in [1.165, 1.54) is 38.8 Å². The van der Waals surface area contributed by atoms with E-state index in [0.717, 1.165) is 52.4 Å². The van der Waals surface area contributed by atoms with Gasteiger partial charge in [0.25, 0.3) is 0 Å². The molecule has 0 amide bonds. The van der Waals surface area contributed by atoms with Crippen molar-refractivity contribution in [3.05, 3.63) is 0 Å². The maximum Gasteiger partial charge on any atom is 0.0802 e. The number of alkyl halides is 2. The summed E-state index contributed by atoms with van der Waals surface area (Å²) in [5, 5.41) is 19.3. The summed E-state index contributed by atoms with van der Waals surface area (Å²) < 4.78 is 0. The van der Waals surface area contributed by atoms with Crippen LogP contribution >= 0.6 is 72.8 Å². The number of piperazine rings is 2. The first kappa shape index (κ1) is 38.0. The Morgan fingerprint density at radius 2 is 0.781 bits per heavy atom. The molecule has 2 rings (SSSR count). The molecule has 0 spiro atoms. The van der Waals surface area contributed by atoms with Gasteiger partial charge < -0.3 is 20.0 Å². The highest BCUT2D eigenvalue weighted by molar-refractivity contribution is 6.18. The third-order valence-electron chi connectivity index (χ3n) is 5.92. The van der Waals surface area contributed by atoms with Gasteiger partial charge >= 0.3 is 0 Å². The second-order valence-electron chi connectivity index (χ2n) is 8.31. The normalized spacial score (nSPS) is 20.2. The molecule has 2 unspecified atom stereocenters. The molecule has 0 aromatic heterocycles. The van der Waals surface area contributed by atoms with Gasteiger partial charge in [-0.15, -0.1) is 72.8 Å². The minimum Gasteiger partial charge on any atom is -0.391 e. The van der Waals surface area contributed by atoms with Crippen molar-refractivity contribution in [3.63, 3.8) is 0 Å². The van der Waals surface area contributed by atoms with Crippen molar-refractivity contribution >= 4 is 72.8 Å². The summed E-state index contributed by atoms with van der Waals surface area (Å²) in [4.78, 5) is 9.75. The molecular formula is C20H44Cl6N4O2. The van der Waals surface area contributed by atoms with Crippen LogP contribution in [0.5, 0.6) is 0 Å². The summed E-state index contributed by atoms with van der Waals surface area (Å²) in [5.41, 5.74) is 0. The van der Waals surface area contributed by atoms with Gasteiger partial charge in [-0.25, -0.2) is 0 Å². The van der Waals surface area contributed by atoms with Gasteiger partial charge in [-0.3, -0.25) is 9.80 Å². The van der Waals surface area contributed by atoms with Crippen LogP contribution in [0, 0.1) is 0 Å². The van der Waals surface area contributed by atoms with Crippen molar-refractivity contribution in [2.75, 3.05) is 90.3 Å². The Morgan fingerprint density at radius 3 is 1.06 bits per heavy atom. The van der Waals surface area contributed by atoms with E-state index in [-0.39, 0.29) is 49.6 Å². The summed E-state index contributed by atoms with van der Waals surface area (Å²) in [5.74, 6) is 0.653. The predicted molar refractivity (Wildman–Crippen MR) is 147 cm³/mol. The van der Waals surface area contributed by atoms with Crippen LogP contribution in [-0.4, -0.2) is 132 Å². The fraction of sp³-hybridized carbons (Fsp3) is 1.00. The molecule has 12 heteroatoms. The van der Waals surface area contributed by atoms with E-state index in [1.807, 2.05) is 0 Å². The molecule has 0 aromatic carbocycles. The molecule has 2 heterocycles. The van der Waals surface area contributed by atoms with Gasteiger partial charge in [0.05, 0.1) is 12.2 Å². The lowest BCUT2D eigenvalue weighted by atomic mass is 10.1. The number of hydrogen-bond donors (Lipinski definition) is 2. The minimum absolute atomic E-state index is 0. The van der Waals surface area contributed by atoms with Crippen LogP contribution in [0.15, 0.2) is 0 Å². The van der Waals surface area contributed by atoms with E-state index in [0.29, 0.717) is 24.8 Å². The Hall–Kier alpha value is 1.50. The lowest BCUT2D eigenvalue weighted by Gasteiger charge is -2.35. The zero-order valence-electron chi connectivity index (χ0n) is 19.0. The quantitative estimate of drug-likeness (QED) is 0.256. The first-order valence-electron chi connectivity index (χ1n) is 11.0. The number of aliphatic hydroxyl groups is 2. The zero-order valence-corrected chi connectivity index (χ0v) is 23.7. The molecule has 2 aliphatic rings. The second-order valence-corrected chi connectivity index (χ2v) is 8.93. The average molecular weight is 585 g/mol. The lowest BCUT2D eigenvalue weighted by Crippen LogP contribution is -2.49. The fourth-order valence-electron chi connectivity index (χ4n) is 4.11. The molecule has 2 aliphatic heterocycles. The van der Waals surface area contributed by atoms with Crippen LogP contribution < -0.4 is 0 Å². The summed E-state index contributed by atoms with van der Waals surface area (Å²) in [6, 6.07) is 0. The molecule has 32 heavy (non-hydrogen) atoms. The molecule has 6 nitrogen and oxygen atoms in total. The fourth-order valence-corrected chi connectivity index (χ4v) is 4.30. The Bertz CT molecular complexity index is 368. The number of nitrogens with zero attached hydrogens (tertiary/aromatic N) is 4. The number of unbranched alkanes of at least 4 members (excludes halogenated alkanes) is 3. The number of rotatable bonds is 13. The van der Waals surface area contributed by atoms with Gasteiger partial charge in [-0.05, 0) is 25.9 Å². The van der Waals surface area contributed by atoms with Crippen LogP contribution in [-0.2, 0) is 0 Å². The van der Waals surface area contributed by atoms with Crippen LogP contribution in [0.25, 0.3) is 0 Å². The van der Waals surface area contributed by atoms with E-state index in [1.54, 1.807) is 0 Å². The summed E-state index contributed by atoms with van der Waals surface area (Å²) in [6.07, 6.45) is 4.41. The first-order valence-corrected chi connectivity index (χ1v) is 12.0. The molecule has 2 fully saturated rings. The van der Waals surface area contributed by atoms with Crippen molar-refractivity contribution in [3.8, 4) is 0 Å². The van der Waals surface area contributed by atoms with Crippen molar-refractivity contribution in [1.82, 2.24) is 19.6 Å². The molecule has 0 aliphatic carbocycles. The molecular weight excluding hydrogens is 541 g/mol. The second kappa shape index (κ2) is 22.9. The molecule has 0 aromatic rings. The third-order valence-corrected chi connectivity index (χ3v) is 6.64. The SMILES string of the molecule is Cl.Cl.Cl.Cl.OC(CCl)CN1CCN(CCCCCCN2CCN(CC(O)CCl)CC2)CC1. The van der Waals surface area contributed by atoms with E-state index < -0.39 is 12.2 Å². The predicted octanol–water partition coefficient (Wildman–Crippen LogP) is 2.67. The highest BCUT2D eigenvalue weighted by Gasteiger charge is 2.19. The number of β-amino-alcohol motifs (C(OH)–C–C–N with tert-alkyl or cyclic N) is 2. The monoisotopic (exact) mass is 582 g/mol. The number of aliphatic hydroxyl groups excluding tert-OH is 2. The smallest absolute Gasteiger partial charge is 0.0802 e. The molecule has 0 radical (unpaired) electrons. The maximum absolute atomic E-state index is 9.64. The van der Waals surface area contributed by atoms with Crippen LogP contribution in [0.2, 0.25) is 0 Å². The largest absolute Gasteiger partial charge is 0.391 e. The van der Waals surface area contributed by atoms with E-state index in [4.69, 9.17) is 23.2 Å². The third kappa shape index (κ3) is 16.2. The first-order chi connectivity index (χ1) is 13.6. The summed E-state index contributed by atoms with van der Waals surface area (Å²) in [7, 11) is 0. The molecule has 198 valence electrons. The van der Waals surface area contributed by atoms with Crippen molar-refractivity contribution in [2.24, 2.45) is 0 Å². The van der Waals surface area contributed by atoms with Crippen molar-refractivity contribution < 1.29 is 10.2 Å². The molecule has 0 bridgehead atoms. The highest BCUT2D eigenvalue weighted by atomic mass is 35.5. The standard InChI is InChI=1S/C20H40Cl2N4O2.4ClH/c21-15-19(27)17-25-11-7-23(8-12-25)5-3-1-2-4-6-24-9-13-26(14-10-24)18-20(28)16-22;;;;/h19-20,27-28H,1-18H2;4*1H. The van der Waals surface area contributed by atoms with Gasteiger partial charge in [0, 0.05) is 77.2 Å². The van der Waals surface area contributed by atoms with Crippen molar-refractivity contribution in [1.29, 1.82) is 0 Å². The van der Waals surface area contributed by atoms with Gasteiger partial charge in [0.15, 0.2) is 0 Å². The van der Waals surface area contributed by atoms with Crippen LogP contribution in [0.1, 0.15) is 25.7 Å². The average Bonchev–Trinajstić information content (AvgIpc) is 2.72. The summed E-state index contributed by atoms with van der Waals surface area (Å²) in [6.45, 7) is 12.4. The molecule has 0 saturated carbocycles. The minimum atomic E-state index is -0.395. The van der Waals surface area contributed by atoms with Gasteiger partial charge in [-0.2, -0.15) is 0 Å². The Balaban J connectivity index is -0.00000210. The highest BCUT2D eigenvalue weighted by Crippen LogP contribution is 2.09. The van der Waals surface area contributed by atoms with E-state index >= 15 is 0 Å². The van der Waals surface area contributed by atoms with E-state index in [2.05, 4.69) is 19.6 Å². The van der Waals surface area contributed by atoms with Gasteiger partial charge in [-0.1, -0.05) is 12.8 Å². The van der Waals surface area contributed by atoms with Gasteiger partial charge in [0.1, 0.15) is 0 Å². The van der Waals surface area contributed by atoms with E-state index in [9.17, 15) is 10.2 Å². The maximum atomic E-state index is 9.64. The Kier molecular flexibility index (Phi) is 27.3. The van der Waals surface area contributed by atoms with Crippen LogP contribution in [0.3, 0.4) is 0 Å².